The first-order valence-electron chi connectivity index (χ1n) is 9.59. The summed E-state index contributed by atoms with van der Waals surface area (Å²) >= 11 is 0. The normalized spacial score (nSPS) is 18.7. The van der Waals surface area contributed by atoms with Crippen LogP contribution in [0, 0.1) is 11.3 Å². The molecule has 2 aliphatic rings. The van der Waals surface area contributed by atoms with Gasteiger partial charge in [-0.3, -0.25) is 9.89 Å². The molecule has 0 saturated heterocycles. The summed E-state index contributed by atoms with van der Waals surface area (Å²) in [5.74, 6) is 0.147. The lowest BCUT2D eigenvalue weighted by Crippen LogP contribution is -2.22. The second kappa shape index (κ2) is 7.87. The first-order valence-corrected chi connectivity index (χ1v) is 9.59. The van der Waals surface area contributed by atoms with Gasteiger partial charge in [0.25, 0.3) is 0 Å². The molecular weight excluding hydrogens is 372 g/mol. The zero-order valence-corrected chi connectivity index (χ0v) is 16.1. The van der Waals surface area contributed by atoms with Crippen LogP contribution in [0.2, 0.25) is 0 Å². The summed E-state index contributed by atoms with van der Waals surface area (Å²) in [6.07, 6.45) is 4.81. The minimum absolute atomic E-state index is 0.00685. The van der Waals surface area contributed by atoms with Gasteiger partial charge in [0.05, 0.1) is 36.8 Å². The van der Waals surface area contributed by atoms with Gasteiger partial charge in [-0.2, -0.15) is 5.26 Å². The quantitative estimate of drug-likeness (QED) is 0.747. The van der Waals surface area contributed by atoms with E-state index in [-0.39, 0.29) is 29.9 Å². The average molecular weight is 394 g/mol. The third-order valence-electron chi connectivity index (χ3n) is 5.38. The van der Waals surface area contributed by atoms with Crippen molar-refractivity contribution in [2.75, 3.05) is 7.11 Å². The van der Waals surface area contributed by atoms with Gasteiger partial charge in [0.1, 0.15) is 17.4 Å². The molecule has 8 nitrogen and oxygen atoms in total. The van der Waals surface area contributed by atoms with Crippen molar-refractivity contribution in [3.05, 3.63) is 52.5 Å². The molecular formula is C21H22N4O4. The van der Waals surface area contributed by atoms with E-state index in [1.807, 2.05) is 24.3 Å². The van der Waals surface area contributed by atoms with Crippen molar-refractivity contribution in [1.82, 2.24) is 10.2 Å². The molecule has 0 amide bonds. The Balaban J connectivity index is 1.69. The summed E-state index contributed by atoms with van der Waals surface area (Å²) in [6, 6.07) is 9.75. The molecule has 8 heteroatoms. The van der Waals surface area contributed by atoms with E-state index in [1.54, 1.807) is 0 Å². The number of nitrogens with zero attached hydrogens (tertiary/aromatic N) is 2. The second-order valence-corrected chi connectivity index (χ2v) is 7.19. The molecule has 1 aliphatic heterocycles. The maximum atomic E-state index is 11.8. The van der Waals surface area contributed by atoms with Gasteiger partial charge in [-0.25, -0.2) is 0 Å². The van der Waals surface area contributed by atoms with Crippen molar-refractivity contribution in [2.24, 2.45) is 5.73 Å². The van der Waals surface area contributed by atoms with E-state index in [0.29, 0.717) is 11.3 Å². The number of aromatic nitrogens is 2. The molecule has 1 aromatic heterocycles. The standard InChI is InChI=1S/C21H22N4O4/c1-27-17(26)10-16-19-18(15(11-22)20(23)29-21(19)25-24-16)12-6-8-14(9-7-12)28-13-4-2-3-5-13/h6-9,13,18H,2-5,10,23H2,1H3,(H,24,25). The fraction of sp³-hybridized carbons (Fsp3) is 0.381. The Morgan fingerprint density at radius 2 is 2.07 bits per heavy atom. The van der Waals surface area contributed by atoms with Gasteiger partial charge in [-0.1, -0.05) is 12.1 Å². The van der Waals surface area contributed by atoms with Crippen LogP contribution in [0.1, 0.15) is 48.4 Å². The Morgan fingerprint density at radius 1 is 1.34 bits per heavy atom. The summed E-state index contributed by atoms with van der Waals surface area (Å²) in [7, 11) is 1.32. The maximum Gasteiger partial charge on any atom is 0.311 e. The summed E-state index contributed by atoms with van der Waals surface area (Å²) in [4.78, 5) is 11.8. The highest BCUT2D eigenvalue weighted by atomic mass is 16.5. The van der Waals surface area contributed by atoms with Gasteiger partial charge in [-0.05, 0) is 43.4 Å². The number of aromatic amines is 1. The maximum absolute atomic E-state index is 11.8. The summed E-state index contributed by atoms with van der Waals surface area (Å²) in [5, 5.41) is 16.6. The fourth-order valence-electron chi connectivity index (χ4n) is 3.93. The number of H-pyrrole nitrogens is 1. The highest BCUT2D eigenvalue weighted by Gasteiger charge is 2.35. The molecule has 1 fully saturated rings. The van der Waals surface area contributed by atoms with E-state index in [4.69, 9.17) is 19.9 Å². The first-order chi connectivity index (χ1) is 14.1. The molecule has 2 heterocycles. The monoisotopic (exact) mass is 394 g/mol. The van der Waals surface area contributed by atoms with E-state index in [0.717, 1.165) is 24.2 Å². The van der Waals surface area contributed by atoms with Crippen LogP contribution in [0.3, 0.4) is 0 Å². The van der Waals surface area contributed by atoms with Gasteiger partial charge in [0.15, 0.2) is 0 Å². The fourth-order valence-corrected chi connectivity index (χ4v) is 3.93. The van der Waals surface area contributed by atoms with E-state index in [2.05, 4.69) is 16.3 Å². The molecule has 3 N–H and O–H groups in total. The van der Waals surface area contributed by atoms with Crippen LogP contribution in [0.5, 0.6) is 11.6 Å². The number of hydrogen-bond donors (Lipinski definition) is 2. The topological polar surface area (TPSA) is 123 Å². The van der Waals surface area contributed by atoms with Crippen molar-refractivity contribution in [3.8, 4) is 17.7 Å². The smallest absolute Gasteiger partial charge is 0.311 e. The molecule has 0 bridgehead atoms. The Labute approximate surface area is 168 Å². The Bertz CT molecular complexity index is 981. The minimum Gasteiger partial charge on any atom is -0.490 e. The predicted octanol–water partition coefficient (Wildman–Crippen LogP) is 2.66. The molecule has 1 aromatic carbocycles. The minimum atomic E-state index is -0.498. The van der Waals surface area contributed by atoms with Gasteiger partial charge in [0, 0.05) is 0 Å². The molecule has 1 saturated carbocycles. The van der Waals surface area contributed by atoms with Gasteiger partial charge in [0.2, 0.25) is 11.8 Å². The van der Waals surface area contributed by atoms with Crippen molar-refractivity contribution in [2.45, 2.75) is 44.1 Å². The van der Waals surface area contributed by atoms with Crippen molar-refractivity contribution >= 4 is 5.97 Å². The van der Waals surface area contributed by atoms with E-state index >= 15 is 0 Å². The van der Waals surface area contributed by atoms with Gasteiger partial charge < -0.3 is 19.9 Å². The van der Waals surface area contributed by atoms with Crippen LogP contribution in [0.4, 0.5) is 0 Å². The number of nitrogens with two attached hydrogens (primary N) is 1. The highest BCUT2D eigenvalue weighted by Crippen LogP contribution is 2.43. The zero-order chi connectivity index (χ0) is 20.4. The summed E-state index contributed by atoms with van der Waals surface area (Å²) in [6.45, 7) is 0. The lowest BCUT2D eigenvalue weighted by Gasteiger charge is -2.24. The molecule has 1 atom stereocenters. The van der Waals surface area contributed by atoms with Crippen LogP contribution in [-0.2, 0) is 16.0 Å². The van der Waals surface area contributed by atoms with Crippen LogP contribution < -0.4 is 15.2 Å². The number of methoxy groups -OCH3 is 1. The second-order valence-electron chi connectivity index (χ2n) is 7.19. The van der Waals surface area contributed by atoms with Crippen LogP contribution >= 0.6 is 0 Å². The average Bonchev–Trinajstić information content (AvgIpc) is 3.37. The number of fused-ring (bicyclic) bond motifs is 1. The number of carbonyl (C=O) groups is 1. The van der Waals surface area contributed by atoms with Crippen molar-refractivity contribution < 1.29 is 19.0 Å². The molecule has 150 valence electrons. The van der Waals surface area contributed by atoms with E-state index in [9.17, 15) is 10.1 Å². The van der Waals surface area contributed by atoms with E-state index in [1.165, 1.54) is 20.0 Å². The number of esters is 1. The largest absolute Gasteiger partial charge is 0.490 e. The number of nitrogens with one attached hydrogen (secondary N) is 1. The predicted molar refractivity (Wildman–Crippen MR) is 103 cm³/mol. The number of ether oxygens (including phenoxy) is 3. The van der Waals surface area contributed by atoms with Gasteiger partial charge >= 0.3 is 5.97 Å². The molecule has 4 rings (SSSR count). The number of allylic oxidation sites excluding steroid dienone is 1. The Hall–Kier alpha value is -3.47. The van der Waals surface area contributed by atoms with Crippen LogP contribution in [0.15, 0.2) is 35.7 Å². The highest BCUT2D eigenvalue weighted by molar-refractivity contribution is 5.73. The Kier molecular flexibility index (Phi) is 5.12. The lowest BCUT2D eigenvalue weighted by atomic mass is 9.83. The summed E-state index contributed by atoms with van der Waals surface area (Å²) in [5.41, 5.74) is 8.23. The molecule has 1 aliphatic carbocycles. The molecule has 2 aromatic rings. The summed E-state index contributed by atoms with van der Waals surface area (Å²) < 4.78 is 16.3. The number of rotatable bonds is 5. The Morgan fingerprint density at radius 3 is 2.72 bits per heavy atom. The zero-order valence-electron chi connectivity index (χ0n) is 16.1. The van der Waals surface area contributed by atoms with Gasteiger partial charge in [-0.15, -0.1) is 5.10 Å². The van der Waals surface area contributed by atoms with Crippen LogP contribution in [-0.4, -0.2) is 29.4 Å². The molecule has 0 radical (unpaired) electrons. The SMILES string of the molecule is COC(=O)Cc1[nH]nc2c1C(c1ccc(OC3CCCC3)cc1)C(C#N)=C(N)O2. The first kappa shape index (κ1) is 18.9. The number of hydrogen-bond acceptors (Lipinski definition) is 7. The van der Waals surface area contributed by atoms with Crippen molar-refractivity contribution in [3.63, 3.8) is 0 Å². The third-order valence-corrected chi connectivity index (χ3v) is 5.38. The molecule has 29 heavy (non-hydrogen) atoms. The molecule has 0 spiro atoms. The molecule has 1 unspecified atom stereocenters. The lowest BCUT2D eigenvalue weighted by molar-refractivity contribution is -0.139. The van der Waals surface area contributed by atoms with Crippen molar-refractivity contribution in [1.29, 1.82) is 5.26 Å². The van der Waals surface area contributed by atoms with Crippen LogP contribution in [0.25, 0.3) is 0 Å². The number of nitriles is 1. The number of benzene rings is 1. The van der Waals surface area contributed by atoms with E-state index < -0.39 is 11.9 Å². The third kappa shape index (κ3) is 3.63. The number of carbonyl (C=O) groups excluding carboxylic acids is 1.